The molecule has 3 aromatic rings. The minimum absolute atomic E-state index is 0.0399. The smallest absolute Gasteiger partial charge is 0.258 e. The van der Waals surface area contributed by atoms with Crippen LogP contribution in [0.4, 0.5) is 5.69 Å². The third-order valence-corrected chi connectivity index (χ3v) is 4.53. The monoisotopic (exact) mass is 364 g/mol. The van der Waals surface area contributed by atoms with Crippen LogP contribution in [-0.4, -0.2) is 17.6 Å². The lowest BCUT2D eigenvalue weighted by molar-refractivity contribution is -0.116. The summed E-state index contributed by atoms with van der Waals surface area (Å²) in [5.74, 6) is 0.449. The lowest BCUT2D eigenvalue weighted by atomic mass is 9.87. The molecule has 1 amide bonds. The van der Waals surface area contributed by atoms with Crippen LogP contribution in [0.2, 0.25) is 0 Å². The second kappa shape index (κ2) is 7.27. The van der Waals surface area contributed by atoms with Gasteiger partial charge >= 0.3 is 0 Å². The number of rotatable bonds is 4. The molecule has 1 N–H and O–H groups in total. The first-order chi connectivity index (χ1) is 12.8. The van der Waals surface area contributed by atoms with Crippen LogP contribution >= 0.6 is 0 Å². The van der Waals surface area contributed by atoms with E-state index < -0.39 is 0 Å². The molecule has 0 aliphatic carbocycles. The number of carbonyl (C=O) groups excluding carboxylic acids is 1. The summed E-state index contributed by atoms with van der Waals surface area (Å²) >= 11 is 0. The molecular formula is C22H24N2O3. The molecule has 5 nitrogen and oxygen atoms in total. The fourth-order valence-electron chi connectivity index (χ4n) is 2.93. The number of amides is 1. The Bertz CT molecular complexity index is 1030. The van der Waals surface area contributed by atoms with Gasteiger partial charge in [-0.05, 0) is 52.8 Å². The molecule has 0 aliphatic heterocycles. The van der Waals surface area contributed by atoms with E-state index in [2.05, 4.69) is 26.1 Å². The molecule has 27 heavy (non-hydrogen) atoms. The number of aromatic nitrogens is 1. The number of hydrogen-bond acceptors (Lipinski definition) is 3. The Morgan fingerprint density at radius 2 is 1.78 bits per heavy atom. The molecule has 140 valence electrons. The Balaban J connectivity index is 1.76. The van der Waals surface area contributed by atoms with Crippen molar-refractivity contribution in [2.24, 2.45) is 0 Å². The van der Waals surface area contributed by atoms with Gasteiger partial charge < -0.3 is 14.6 Å². The maximum Gasteiger partial charge on any atom is 0.258 e. The number of methoxy groups -OCH3 is 1. The second-order valence-electron chi connectivity index (χ2n) is 7.58. The van der Waals surface area contributed by atoms with E-state index in [9.17, 15) is 9.59 Å². The van der Waals surface area contributed by atoms with Crippen molar-refractivity contribution in [3.8, 4) is 5.75 Å². The van der Waals surface area contributed by atoms with E-state index in [4.69, 9.17) is 4.74 Å². The van der Waals surface area contributed by atoms with Crippen molar-refractivity contribution < 1.29 is 9.53 Å². The van der Waals surface area contributed by atoms with Crippen LogP contribution in [0, 0.1) is 0 Å². The third kappa shape index (κ3) is 4.19. The zero-order chi connectivity index (χ0) is 19.6. The van der Waals surface area contributed by atoms with Crippen molar-refractivity contribution in [3.05, 3.63) is 70.6 Å². The van der Waals surface area contributed by atoms with Crippen molar-refractivity contribution in [2.45, 2.75) is 32.7 Å². The second-order valence-corrected chi connectivity index (χ2v) is 7.58. The Morgan fingerprint density at radius 3 is 2.41 bits per heavy atom. The minimum Gasteiger partial charge on any atom is -0.497 e. The summed E-state index contributed by atoms with van der Waals surface area (Å²) in [4.78, 5) is 25.0. The largest absolute Gasteiger partial charge is 0.497 e. The topological polar surface area (TPSA) is 60.3 Å². The van der Waals surface area contributed by atoms with Gasteiger partial charge in [-0.25, -0.2) is 0 Å². The van der Waals surface area contributed by atoms with Crippen LogP contribution < -0.4 is 15.6 Å². The minimum atomic E-state index is -0.242. The molecule has 1 heterocycles. The fraction of sp³-hybridized carbons (Fsp3) is 0.273. The molecule has 0 atom stereocenters. The zero-order valence-corrected chi connectivity index (χ0v) is 16.1. The van der Waals surface area contributed by atoms with Crippen molar-refractivity contribution in [1.82, 2.24) is 4.57 Å². The number of benzene rings is 2. The number of nitrogens with zero attached hydrogens (tertiary/aromatic N) is 1. The van der Waals surface area contributed by atoms with Crippen molar-refractivity contribution in [3.63, 3.8) is 0 Å². The van der Waals surface area contributed by atoms with Crippen molar-refractivity contribution in [1.29, 1.82) is 0 Å². The predicted molar refractivity (Wildman–Crippen MR) is 109 cm³/mol. The Labute approximate surface area is 158 Å². The van der Waals surface area contributed by atoms with Crippen LogP contribution in [0.15, 0.2) is 59.5 Å². The highest BCUT2D eigenvalue weighted by molar-refractivity contribution is 5.91. The average molecular weight is 364 g/mol. The summed E-state index contributed by atoms with van der Waals surface area (Å²) in [5.41, 5.74) is 1.77. The van der Waals surface area contributed by atoms with Crippen molar-refractivity contribution in [2.75, 3.05) is 12.4 Å². The number of fused-ring (bicyclic) bond motifs is 1. The standard InChI is InChI=1S/C22H24N2O3/c1-22(2,3)16-5-7-17(8-6-16)23-20(25)14-24-12-11-15-13-18(27-4)9-10-19(15)21(24)26/h5-13H,14H2,1-4H3,(H,23,25). The first kappa shape index (κ1) is 18.7. The number of pyridine rings is 1. The van der Waals surface area contributed by atoms with E-state index in [-0.39, 0.29) is 23.4 Å². The molecule has 3 rings (SSSR count). The van der Waals surface area contributed by atoms with Gasteiger partial charge in [-0.3, -0.25) is 9.59 Å². The molecule has 0 fully saturated rings. The Kier molecular flexibility index (Phi) is 5.04. The van der Waals surface area contributed by atoms with E-state index in [0.717, 1.165) is 5.39 Å². The van der Waals surface area contributed by atoms with Gasteiger partial charge in [0.25, 0.3) is 5.56 Å². The number of ether oxygens (including phenoxy) is 1. The van der Waals surface area contributed by atoms with E-state index in [1.54, 1.807) is 31.5 Å². The van der Waals surface area contributed by atoms with Gasteiger partial charge in [0.2, 0.25) is 5.91 Å². The molecule has 1 aromatic heterocycles. The lowest BCUT2D eigenvalue weighted by Crippen LogP contribution is -2.27. The normalized spacial score (nSPS) is 11.4. The van der Waals surface area contributed by atoms with Gasteiger partial charge in [-0.2, -0.15) is 0 Å². The Morgan fingerprint density at radius 1 is 1.07 bits per heavy atom. The third-order valence-electron chi connectivity index (χ3n) is 4.53. The summed E-state index contributed by atoms with van der Waals surface area (Å²) in [6, 6.07) is 14.8. The number of anilines is 1. The quantitative estimate of drug-likeness (QED) is 0.763. The molecule has 2 aromatic carbocycles. The maximum atomic E-state index is 12.6. The summed E-state index contributed by atoms with van der Waals surface area (Å²) < 4.78 is 6.59. The van der Waals surface area contributed by atoms with Gasteiger partial charge in [0, 0.05) is 17.3 Å². The number of hydrogen-bond donors (Lipinski definition) is 1. The molecular weight excluding hydrogens is 340 g/mol. The van der Waals surface area contributed by atoms with E-state index in [1.807, 2.05) is 30.3 Å². The summed E-state index contributed by atoms with van der Waals surface area (Å²) in [7, 11) is 1.58. The Hall–Kier alpha value is -3.08. The number of carbonyl (C=O) groups is 1. The van der Waals surface area contributed by atoms with Crippen LogP contribution in [0.5, 0.6) is 5.75 Å². The summed E-state index contributed by atoms with van der Waals surface area (Å²) in [5, 5.41) is 4.19. The first-order valence-electron chi connectivity index (χ1n) is 8.85. The molecule has 0 saturated carbocycles. The molecule has 0 unspecified atom stereocenters. The van der Waals surface area contributed by atoms with Crippen LogP contribution in [0.3, 0.4) is 0 Å². The number of nitrogens with one attached hydrogen (secondary N) is 1. The fourth-order valence-corrected chi connectivity index (χ4v) is 2.93. The molecule has 0 bridgehead atoms. The van der Waals surface area contributed by atoms with Gasteiger partial charge in [-0.15, -0.1) is 0 Å². The van der Waals surface area contributed by atoms with Gasteiger partial charge in [0.15, 0.2) is 0 Å². The van der Waals surface area contributed by atoms with Gasteiger partial charge in [0.05, 0.1) is 7.11 Å². The average Bonchev–Trinajstić information content (AvgIpc) is 2.63. The maximum absolute atomic E-state index is 12.6. The molecule has 0 saturated heterocycles. The van der Waals surface area contributed by atoms with Crippen molar-refractivity contribution >= 4 is 22.4 Å². The highest BCUT2D eigenvalue weighted by Crippen LogP contribution is 2.23. The highest BCUT2D eigenvalue weighted by atomic mass is 16.5. The highest BCUT2D eigenvalue weighted by Gasteiger charge is 2.13. The van der Waals surface area contributed by atoms with E-state index >= 15 is 0 Å². The zero-order valence-electron chi connectivity index (χ0n) is 16.1. The van der Waals surface area contributed by atoms with Gasteiger partial charge in [-0.1, -0.05) is 32.9 Å². The van der Waals surface area contributed by atoms with E-state index in [0.29, 0.717) is 16.8 Å². The lowest BCUT2D eigenvalue weighted by Gasteiger charge is -2.19. The molecule has 0 aliphatic rings. The van der Waals surface area contributed by atoms with Crippen LogP contribution in [0.25, 0.3) is 10.8 Å². The van der Waals surface area contributed by atoms with Gasteiger partial charge in [0.1, 0.15) is 12.3 Å². The predicted octanol–water partition coefficient (Wildman–Crippen LogP) is 3.95. The SMILES string of the molecule is COc1ccc2c(=O)n(CC(=O)Nc3ccc(C(C)(C)C)cc3)ccc2c1. The van der Waals surface area contributed by atoms with E-state index in [1.165, 1.54) is 10.1 Å². The van der Waals surface area contributed by atoms with Crippen LogP contribution in [-0.2, 0) is 16.8 Å². The molecule has 5 heteroatoms. The molecule has 0 radical (unpaired) electrons. The first-order valence-corrected chi connectivity index (χ1v) is 8.85. The molecule has 0 spiro atoms. The summed E-state index contributed by atoms with van der Waals surface area (Å²) in [6.45, 7) is 6.38. The summed E-state index contributed by atoms with van der Waals surface area (Å²) in [6.07, 6.45) is 1.63. The van der Waals surface area contributed by atoms with Crippen LogP contribution in [0.1, 0.15) is 26.3 Å².